The van der Waals surface area contributed by atoms with Crippen LogP contribution in [0.4, 0.5) is 0 Å². The van der Waals surface area contributed by atoms with E-state index in [4.69, 9.17) is 10.5 Å². The van der Waals surface area contributed by atoms with Crippen LogP contribution in [0.2, 0.25) is 0 Å². The molecule has 9 heavy (non-hydrogen) atoms. The number of likely N-dealkylation sites (tertiary alicyclic amines) is 1. The van der Waals surface area contributed by atoms with E-state index in [-0.39, 0.29) is 6.04 Å². The van der Waals surface area contributed by atoms with Crippen molar-refractivity contribution in [3.05, 3.63) is 0 Å². The lowest BCUT2D eigenvalue weighted by Gasteiger charge is -2.35. The number of ether oxygens (including phenoxy) is 1. The van der Waals surface area contributed by atoms with Crippen LogP contribution in [0, 0.1) is 0 Å². The maximum absolute atomic E-state index is 5.74. The second-order valence-electron chi connectivity index (χ2n) is 2.97. The van der Waals surface area contributed by atoms with Crippen molar-refractivity contribution in [3.63, 3.8) is 0 Å². The first-order valence-electron chi connectivity index (χ1n) is 3.36. The van der Waals surface area contributed by atoms with E-state index in [2.05, 4.69) is 11.9 Å². The predicted molar refractivity (Wildman–Crippen MR) is 34.1 cm³/mol. The fourth-order valence-corrected chi connectivity index (χ4v) is 1.65. The topological polar surface area (TPSA) is 38.5 Å². The highest BCUT2D eigenvalue weighted by Crippen LogP contribution is 2.26. The van der Waals surface area contributed by atoms with E-state index in [0.717, 1.165) is 13.2 Å². The standard InChI is InChI=1S/C6H12N2O/c1-8-2-4(7)6-5(8)3-9-6/h4-6H,2-3,7H2,1H3/t4-,5+,6?/m0/s1. The van der Waals surface area contributed by atoms with Gasteiger partial charge in [-0.05, 0) is 7.05 Å². The Morgan fingerprint density at radius 1 is 1.67 bits per heavy atom. The SMILES string of the molecule is CN1C[C@H](N)C2OC[C@H]21. The first-order chi connectivity index (χ1) is 4.29. The number of hydrogen-bond acceptors (Lipinski definition) is 3. The van der Waals surface area contributed by atoms with Crippen LogP contribution in [0.3, 0.4) is 0 Å². The zero-order valence-corrected chi connectivity index (χ0v) is 5.58. The van der Waals surface area contributed by atoms with Crippen molar-refractivity contribution in [2.45, 2.75) is 18.2 Å². The van der Waals surface area contributed by atoms with Crippen LogP contribution < -0.4 is 5.73 Å². The predicted octanol–water partition coefficient (Wildman–Crippen LogP) is -0.973. The molecule has 52 valence electrons. The summed E-state index contributed by atoms with van der Waals surface area (Å²) in [6.45, 7) is 1.88. The largest absolute Gasteiger partial charge is 0.373 e. The molecule has 0 radical (unpaired) electrons. The maximum Gasteiger partial charge on any atom is 0.0916 e. The summed E-state index contributed by atoms with van der Waals surface area (Å²) < 4.78 is 5.27. The summed E-state index contributed by atoms with van der Waals surface area (Å²) in [4.78, 5) is 2.28. The Morgan fingerprint density at radius 2 is 2.44 bits per heavy atom. The minimum absolute atomic E-state index is 0.258. The third-order valence-electron chi connectivity index (χ3n) is 2.33. The maximum atomic E-state index is 5.74. The van der Waals surface area contributed by atoms with Crippen LogP contribution in [0.5, 0.6) is 0 Å². The molecule has 0 aromatic heterocycles. The normalized spacial score (nSPS) is 50.7. The molecule has 0 amide bonds. The lowest BCUT2D eigenvalue weighted by molar-refractivity contribution is -0.0942. The number of nitrogens with two attached hydrogens (primary N) is 1. The lowest BCUT2D eigenvalue weighted by atomic mass is 10.1. The molecular formula is C6H12N2O. The molecule has 2 saturated heterocycles. The van der Waals surface area contributed by atoms with Crippen molar-refractivity contribution in [2.24, 2.45) is 5.73 Å². The fourth-order valence-electron chi connectivity index (χ4n) is 1.65. The van der Waals surface area contributed by atoms with Gasteiger partial charge in [0.2, 0.25) is 0 Å². The first kappa shape index (κ1) is 5.65. The van der Waals surface area contributed by atoms with Crippen molar-refractivity contribution in [2.75, 3.05) is 20.2 Å². The molecule has 2 rings (SSSR count). The average Bonchev–Trinajstić information content (AvgIpc) is 1.73. The highest BCUT2D eigenvalue weighted by molar-refractivity contribution is 5.00. The molecule has 0 bridgehead atoms. The van der Waals surface area contributed by atoms with Crippen LogP contribution >= 0.6 is 0 Å². The summed E-state index contributed by atoms with van der Waals surface area (Å²) in [5, 5.41) is 0. The van der Waals surface area contributed by atoms with E-state index in [1.807, 2.05) is 0 Å². The lowest BCUT2D eigenvalue weighted by Crippen LogP contribution is -2.52. The monoisotopic (exact) mass is 128 g/mol. The van der Waals surface area contributed by atoms with Crippen LogP contribution in [-0.2, 0) is 4.74 Å². The van der Waals surface area contributed by atoms with Crippen LogP contribution in [0.15, 0.2) is 0 Å². The van der Waals surface area contributed by atoms with Crippen molar-refractivity contribution < 1.29 is 4.74 Å². The Bertz CT molecular complexity index is 114. The average molecular weight is 128 g/mol. The molecule has 0 aromatic carbocycles. The zero-order valence-electron chi connectivity index (χ0n) is 5.58. The Morgan fingerprint density at radius 3 is 2.67 bits per heavy atom. The van der Waals surface area contributed by atoms with Gasteiger partial charge in [0.05, 0.1) is 18.8 Å². The van der Waals surface area contributed by atoms with Gasteiger partial charge in [-0.3, -0.25) is 4.90 Å². The second kappa shape index (κ2) is 1.68. The molecule has 2 N–H and O–H groups in total. The highest BCUT2D eigenvalue weighted by Gasteiger charge is 2.45. The summed E-state index contributed by atoms with van der Waals surface area (Å²) >= 11 is 0. The molecule has 3 heteroatoms. The van der Waals surface area contributed by atoms with Gasteiger partial charge in [-0.1, -0.05) is 0 Å². The fraction of sp³-hybridized carbons (Fsp3) is 1.00. The Labute approximate surface area is 54.8 Å². The van der Waals surface area contributed by atoms with E-state index in [9.17, 15) is 0 Å². The summed E-state index contributed by atoms with van der Waals surface area (Å²) in [6.07, 6.45) is 0.343. The van der Waals surface area contributed by atoms with Gasteiger partial charge in [-0.2, -0.15) is 0 Å². The van der Waals surface area contributed by atoms with Crippen molar-refractivity contribution in [1.82, 2.24) is 4.90 Å². The summed E-state index contributed by atoms with van der Waals surface area (Å²) in [5.74, 6) is 0. The third kappa shape index (κ3) is 0.625. The number of rotatable bonds is 0. The van der Waals surface area contributed by atoms with Gasteiger partial charge >= 0.3 is 0 Å². The van der Waals surface area contributed by atoms with Gasteiger partial charge in [0.15, 0.2) is 0 Å². The molecule has 0 aromatic rings. The molecule has 2 aliphatic heterocycles. The summed E-state index contributed by atoms with van der Waals surface area (Å²) in [5.41, 5.74) is 5.74. The quantitative estimate of drug-likeness (QED) is 0.456. The van der Waals surface area contributed by atoms with E-state index in [0.29, 0.717) is 12.1 Å². The third-order valence-corrected chi connectivity index (χ3v) is 2.33. The van der Waals surface area contributed by atoms with Gasteiger partial charge in [-0.25, -0.2) is 0 Å². The molecule has 0 aliphatic carbocycles. The summed E-state index contributed by atoms with van der Waals surface area (Å²) in [7, 11) is 2.10. The van der Waals surface area contributed by atoms with Crippen LogP contribution in [0.1, 0.15) is 0 Å². The molecule has 1 unspecified atom stereocenters. The molecule has 2 aliphatic rings. The number of nitrogens with zero attached hydrogens (tertiary/aromatic N) is 1. The van der Waals surface area contributed by atoms with Gasteiger partial charge in [0.1, 0.15) is 0 Å². The van der Waals surface area contributed by atoms with Crippen molar-refractivity contribution in [3.8, 4) is 0 Å². The smallest absolute Gasteiger partial charge is 0.0916 e. The van der Waals surface area contributed by atoms with E-state index in [1.54, 1.807) is 0 Å². The van der Waals surface area contributed by atoms with Gasteiger partial charge < -0.3 is 10.5 Å². The van der Waals surface area contributed by atoms with E-state index in [1.165, 1.54) is 0 Å². The van der Waals surface area contributed by atoms with Gasteiger partial charge in [-0.15, -0.1) is 0 Å². The van der Waals surface area contributed by atoms with E-state index >= 15 is 0 Å². The minimum atomic E-state index is 0.258. The molecule has 3 atom stereocenters. The molecule has 0 saturated carbocycles. The van der Waals surface area contributed by atoms with Crippen LogP contribution in [0.25, 0.3) is 0 Å². The zero-order chi connectivity index (χ0) is 6.43. The molecule has 3 nitrogen and oxygen atoms in total. The Kier molecular flexibility index (Phi) is 1.06. The summed E-state index contributed by atoms with van der Waals surface area (Å²) in [6, 6.07) is 0.883. The number of fused-ring (bicyclic) bond motifs is 1. The van der Waals surface area contributed by atoms with Crippen LogP contribution in [-0.4, -0.2) is 43.3 Å². The molecule has 0 spiro atoms. The van der Waals surface area contributed by atoms with E-state index < -0.39 is 0 Å². The van der Waals surface area contributed by atoms with Crippen molar-refractivity contribution in [1.29, 1.82) is 0 Å². The van der Waals surface area contributed by atoms with Gasteiger partial charge in [0.25, 0.3) is 0 Å². The number of likely N-dealkylation sites (N-methyl/N-ethyl adjacent to an activating group) is 1. The highest BCUT2D eigenvalue weighted by atomic mass is 16.5. The molecule has 2 heterocycles. The molecule has 2 fully saturated rings. The minimum Gasteiger partial charge on any atom is -0.373 e. The van der Waals surface area contributed by atoms with Gasteiger partial charge in [0, 0.05) is 12.6 Å². The van der Waals surface area contributed by atoms with Crippen molar-refractivity contribution >= 4 is 0 Å². The first-order valence-corrected chi connectivity index (χ1v) is 3.36. The number of hydrogen-bond donors (Lipinski definition) is 1. The second-order valence-corrected chi connectivity index (χ2v) is 2.97. The molecular weight excluding hydrogens is 116 g/mol. The Hall–Kier alpha value is -0.120. The Balaban J connectivity index is 2.08.